The van der Waals surface area contributed by atoms with Gasteiger partial charge in [0.05, 0.1) is 32.8 Å². The van der Waals surface area contributed by atoms with Crippen LogP contribution >= 0.6 is 0 Å². The Kier molecular flexibility index (Phi) is 3.71. The minimum absolute atomic E-state index is 0.109. The second kappa shape index (κ2) is 5.66. The van der Waals surface area contributed by atoms with Gasteiger partial charge in [-0.15, -0.1) is 0 Å². The summed E-state index contributed by atoms with van der Waals surface area (Å²) in [5.41, 5.74) is 1.73. The molecule has 0 spiro atoms. The summed E-state index contributed by atoms with van der Waals surface area (Å²) in [5, 5.41) is 10.8. The fourth-order valence-corrected chi connectivity index (χ4v) is 2.74. The smallest absolute Gasteiger partial charge is 0.124 e. The Hall–Kier alpha value is -2.20. The molecule has 2 atom stereocenters. The van der Waals surface area contributed by atoms with Crippen molar-refractivity contribution in [2.24, 2.45) is 0 Å². The minimum Gasteiger partial charge on any atom is -0.497 e. The van der Waals surface area contributed by atoms with Crippen molar-refractivity contribution >= 4 is 0 Å². The Labute approximate surface area is 123 Å². The fourth-order valence-electron chi connectivity index (χ4n) is 2.74. The third-order valence-corrected chi connectivity index (χ3v) is 3.87. The first-order chi connectivity index (χ1) is 10.2. The number of ether oxygens (including phenoxy) is 3. The summed E-state index contributed by atoms with van der Waals surface area (Å²) in [7, 11) is 3.20. The molecule has 0 amide bonds. The maximum atomic E-state index is 10.8. The predicted molar refractivity (Wildman–Crippen MR) is 79.2 cm³/mol. The highest BCUT2D eigenvalue weighted by atomic mass is 16.5. The Bertz CT molecular complexity index is 638. The molecule has 1 aliphatic heterocycles. The summed E-state index contributed by atoms with van der Waals surface area (Å²) in [6.07, 6.45) is -0.710. The van der Waals surface area contributed by atoms with Crippen molar-refractivity contribution in [2.45, 2.75) is 12.0 Å². The highest BCUT2D eigenvalue weighted by Crippen LogP contribution is 2.43. The molecule has 0 aliphatic carbocycles. The third-order valence-electron chi connectivity index (χ3n) is 3.87. The van der Waals surface area contributed by atoms with Crippen molar-refractivity contribution in [3.63, 3.8) is 0 Å². The van der Waals surface area contributed by atoms with E-state index in [2.05, 4.69) is 0 Å². The Morgan fingerprint density at radius 1 is 1.14 bits per heavy atom. The summed E-state index contributed by atoms with van der Waals surface area (Å²) in [6, 6.07) is 13.2. The monoisotopic (exact) mass is 286 g/mol. The lowest BCUT2D eigenvalue weighted by molar-refractivity contribution is 0.127. The molecule has 0 radical (unpaired) electrons. The van der Waals surface area contributed by atoms with Crippen molar-refractivity contribution in [1.82, 2.24) is 0 Å². The Morgan fingerprint density at radius 2 is 1.95 bits per heavy atom. The van der Waals surface area contributed by atoms with Crippen molar-refractivity contribution < 1.29 is 19.3 Å². The van der Waals surface area contributed by atoms with Crippen molar-refractivity contribution in [3.8, 4) is 17.2 Å². The average molecular weight is 286 g/mol. The Morgan fingerprint density at radius 3 is 2.71 bits per heavy atom. The van der Waals surface area contributed by atoms with Crippen LogP contribution in [0.1, 0.15) is 23.1 Å². The van der Waals surface area contributed by atoms with Crippen LogP contribution in [0.25, 0.3) is 0 Å². The number of benzene rings is 2. The molecule has 21 heavy (non-hydrogen) atoms. The number of hydrogen-bond acceptors (Lipinski definition) is 4. The molecule has 3 rings (SSSR count). The van der Waals surface area contributed by atoms with Gasteiger partial charge in [0.25, 0.3) is 0 Å². The van der Waals surface area contributed by atoms with Gasteiger partial charge in [0.15, 0.2) is 0 Å². The SMILES string of the molecule is COc1ccc(OC)c(C(O)C2COc3ccccc32)c1. The van der Waals surface area contributed by atoms with E-state index >= 15 is 0 Å². The second-order valence-electron chi connectivity index (χ2n) is 5.01. The maximum Gasteiger partial charge on any atom is 0.124 e. The lowest BCUT2D eigenvalue weighted by atomic mass is 9.90. The molecule has 2 aromatic carbocycles. The van der Waals surface area contributed by atoms with E-state index in [0.717, 1.165) is 11.3 Å². The minimum atomic E-state index is -0.710. The lowest BCUT2D eigenvalue weighted by Gasteiger charge is -2.20. The number of para-hydroxylation sites is 1. The van der Waals surface area contributed by atoms with Gasteiger partial charge >= 0.3 is 0 Å². The van der Waals surface area contributed by atoms with Crippen molar-refractivity contribution in [2.75, 3.05) is 20.8 Å². The van der Waals surface area contributed by atoms with Gasteiger partial charge < -0.3 is 19.3 Å². The summed E-state index contributed by atoms with van der Waals surface area (Å²) >= 11 is 0. The number of aliphatic hydroxyl groups excluding tert-OH is 1. The van der Waals surface area contributed by atoms with E-state index in [1.807, 2.05) is 36.4 Å². The van der Waals surface area contributed by atoms with Crippen LogP contribution in [0, 0.1) is 0 Å². The molecule has 1 aliphatic rings. The van der Waals surface area contributed by atoms with Crippen LogP contribution in [0.15, 0.2) is 42.5 Å². The highest BCUT2D eigenvalue weighted by Gasteiger charge is 2.32. The lowest BCUT2D eigenvalue weighted by Crippen LogP contribution is -2.13. The van der Waals surface area contributed by atoms with Gasteiger partial charge in [0, 0.05) is 11.1 Å². The molecule has 0 aromatic heterocycles. The van der Waals surface area contributed by atoms with Gasteiger partial charge in [-0.2, -0.15) is 0 Å². The van der Waals surface area contributed by atoms with E-state index in [-0.39, 0.29) is 5.92 Å². The molecule has 2 aromatic rings. The topological polar surface area (TPSA) is 47.9 Å². The van der Waals surface area contributed by atoms with Gasteiger partial charge in [-0.1, -0.05) is 18.2 Å². The standard InChI is InChI=1S/C17H18O4/c1-19-11-7-8-15(20-2)13(9-11)17(18)14-10-21-16-6-4-3-5-12(14)16/h3-9,14,17-18H,10H2,1-2H3. The molecular weight excluding hydrogens is 268 g/mol. The zero-order chi connectivity index (χ0) is 14.8. The third kappa shape index (κ3) is 2.43. The molecule has 0 saturated heterocycles. The number of aliphatic hydroxyl groups is 1. The molecule has 4 nitrogen and oxygen atoms in total. The van der Waals surface area contributed by atoms with Gasteiger partial charge in [0.2, 0.25) is 0 Å². The van der Waals surface area contributed by atoms with Crippen LogP contribution in [0.4, 0.5) is 0 Å². The molecule has 110 valence electrons. The normalized spacial score (nSPS) is 17.8. The zero-order valence-corrected chi connectivity index (χ0v) is 12.1. The Balaban J connectivity index is 1.97. The van der Waals surface area contributed by atoms with Gasteiger partial charge in [-0.3, -0.25) is 0 Å². The van der Waals surface area contributed by atoms with E-state index < -0.39 is 6.10 Å². The van der Waals surface area contributed by atoms with Gasteiger partial charge in [-0.05, 0) is 24.3 Å². The van der Waals surface area contributed by atoms with E-state index in [9.17, 15) is 5.11 Å². The van der Waals surface area contributed by atoms with Gasteiger partial charge in [-0.25, -0.2) is 0 Å². The largest absolute Gasteiger partial charge is 0.497 e. The molecule has 0 saturated carbocycles. The summed E-state index contributed by atoms with van der Waals surface area (Å²) in [4.78, 5) is 0. The van der Waals surface area contributed by atoms with Crippen LogP contribution in [-0.4, -0.2) is 25.9 Å². The maximum absolute atomic E-state index is 10.8. The van der Waals surface area contributed by atoms with Crippen molar-refractivity contribution in [3.05, 3.63) is 53.6 Å². The van der Waals surface area contributed by atoms with Crippen molar-refractivity contribution in [1.29, 1.82) is 0 Å². The second-order valence-corrected chi connectivity index (χ2v) is 5.01. The van der Waals surface area contributed by atoms with Crippen LogP contribution in [-0.2, 0) is 0 Å². The fraction of sp³-hybridized carbons (Fsp3) is 0.294. The summed E-state index contributed by atoms with van der Waals surface area (Å²) in [6.45, 7) is 0.459. The molecule has 2 unspecified atom stereocenters. The number of fused-ring (bicyclic) bond motifs is 1. The average Bonchev–Trinajstić information content (AvgIpc) is 2.97. The number of hydrogen-bond donors (Lipinski definition) is 1. The first-order valence-electron chi connectivity index (χ1n) is 6.86. The first kappa shape index (κ1) is 13.8. The molecular formula is C17H18O4. The molecule has 0 fully saturated rings. The van der Waals surface area contributed by atoms with Gasteiger partial charge in [0.1, 0.15) is 17.2 Å². The van der Waals surface area contributed by atoms with Crippen LogP contribution in [0.5, 0.6) is 17.2 Å². The molecule has 1 heterocycles. The predicted octanol–water partition coefficient (Wildman–Crippen LogP) is 2.91. The first-order valence-corrected chi connectivity index (χ1v) is 6.86. The van der Waals surface area contributed by atoms with Crippen LogP contribution in [0.2, 0.25) is 0 Å². The highest BCUT2D eigenvalue weighted by molar-refractivity contribution is 5.46. The quantitative estimate of drug-likeness (QED) is 0.939. The van der Waals surface area contributed by atoms with E-state index in [0.29, 0.717) is 23.7 Å². The zero-order valence-electron chi connectivity index (χ0n) is 12.1. The number of rotatable bonds is 4. The van der Waals surface area contributed by atoms with E-state index in [1.165, 1.54) is 0 Å². The van der Waals surface area contributed by atoms with Crippen LogP contribution in [0.3, 0.4) is 0 Å². The van der Waals surface area contributed by atoms with E-state index in [1.54, 1.807) is 20.3 Å². The summed E-state index contributed by atoms with van der Waals surface area (Å²) in [5.74, 6) is 2.07. The van der Waals surface area contributed by atoms with E-state index in [4.69, 9.17) is 14.2 Å². The molecule has 4 heteroatoms. The molecule has 1 N–H and O–H groups in total. The number of methoxy groups -OCH3 is 2. The molecule has 0 bridgehead atoms. The summed E-state index contributed by atoms with van der Waals surface area (Å²) < 4.78 is 16.2. The van der Waals surface area contributed by atoms with Crippen LogP contribution < -0.4 is 14.2 Å².